The number of halogens is 6. The van der Waals surface area contributed by atoms with Crippen molar-refractivity contribution in [2.24, 2.45) is 5.92 Å². The van der Waals surface area contributed by atoms with Crippen molar-refractivity contribution in [3.63, 3.8) is 0 Å². The summed E-state index contributed by atoms with van der Waals surface area (Å²) in [5.74, 6) is -6.19. The maximum atomic E-state index is 13.0. The van der Waals surface area contributed by atoms with Crippen LogP contribution < -0.4 is 5.32 Å². The molecule has 0 fully saturated rings. The number of alkyl halides is 6. The van der Waals surface area contributed by atoms with Gasteiger partial charge in [-0.25, -0.2) is 4.79 Å². The zero-order valence-electron chi connectivity index (χ0n) is 17.4. The molecule has 0 heterocycles. The Kier molecular flexibility index (Phi) is 9.24. The van der Waals surface area contributed by atoms with E-state index >= 15 is 0 Å². The highest BCUT2D eigenvalue weighted by Crippen LogP contribution is 2.36. The summed E-state index contributed by atoms with van der Waals surface area (Å²) in [6.07, 6.45) is -12.0. The van der Waals surface area contributed by atoms with E-state index in [1.807, 2.05) is 5.32 Å². The van der Waals surface area contributed by atoms with E-state index in [1.54, 1.807) is 0 Å². The average molecular weight is 487 g/mol. The fourth-order valence-electron chi connectivity index (χ4n) is 2.73. The lowest BCUT2D eigenvalue weighted by Crippen LogP contribution is -2.50. The van der Waals surface area contributed by atoms with Gasteiger partial charge < -0.3 is 19.5 Å². The van der Waals surface area contributed by atoms with Gasteiger partial charge in [0.05, 0.1) is 51.2 Å². The summed E-state index contributed by atoms with van der Waals surface area (Å²) in [5, 5.41) is 1.99. The summed E-state index contributed by atoms with van der Waals surface area (Å²) in [5.41, 5.74) is -3.94. The second-order valence-corrected chi connectivity index (χ2v) is 6.57. The summed E-state index contributed by atoms with van der Waals surface area (Å²) >= 11 is 0. The van der Waals surface area contributed by atoms with Crippen LogP contribution in [-0.4, -0.2) is 51.2 Å². The zero-order valence-corrected chi connectivity index (χ0v) is 17.4. The number of hydrogen-bond donors (Lipinski definition) is 1. The van der Waals surface area contributed by atoms with Gasteiger partial charge in [-0.15, -0.1) is 0 Å². The van der Waals surface area contributed by atoms with Crippen molar-refractivity contribution in [2.75, 3.05) is 21.3 Å². The number of carbonyl (C=O) groups is 4. The monoisotopic (exact) mass is 487 g/mol. The van der Waals surface area contributed by atoms with E-state index in [0.29, 0.717) is 12.1 Å². The number of ether oxygens (including phenoxy) is 3. The second kappa shape index (κ2) is 11.0. The van der Waals surface area contributed by atoms with Crippen LogP contribution in [0.25, 0.3) is 0 Å². The van der Waals surface area contributed by atoms with Gasteiger partial charge in [-0.1, -0.05) is 0 Å². The topological polar surface area (TPSA) is 108 Å². The molecule has 1 aromatic carbocycles. The van der Waals surface area contributed by atoms with E-state index in [0.717, 1.165) is 21.3 Å². The van der Waals surface area contributed by atoms with Crippen molar-refractivity contribution in [3.05, 3.63) is 34.9 Å². The zero-order chi connectivity index (χ0) is 25.6. The van der Waals surface area contributed by atoms with Gasteiger partial charge in [-0.05, 0) is 23.8 Å². The molecule has 0 radical (unpaired) electrons. The largest absolute Gasteiger partial charge is 0.469 e. The minimum Gasteiger partial charge on any atom is -0.469 e. The Morgan fingerprint density at radius 3 is 1.70 bits per heavy atom. The highest BCUT2D eigenvalue weighted by Gasteiger charge is 2.40. The Morgan fingerprint density at radius 2 is 1.30 bits per heavy atom. The van der Waals surface area contributed by atoms with Gasteiger partial charge in [0.25, 0.3) is 0 Å². The lowest BCUT2D eigenvalue weighted by molar-refractivity contribution is -0.159. The van der Waals surface area contributed by atoms with E-state index in [1.165, 1.54) is 0 Å². The Morgan fingerprint density at radius 1 is 0.818 bits per heavy atom. The van der Waals surface area contributed by atoms with Gasteiger partial charge in [0.2, 0.25) is 5.91 Å². The molecule has 0 aliphatic carbocycles. The molecule has 1 aromatic rings. The fourth-order valence-corrected chi connectivity index (χ4v) is 2.73. The lowest BCUT2D eigenvalue weighted by atomic mass is 9.95. The smallest absolute Gasteiger partial charge is 0.416 e. The molecule has 0 saturated carbocycles. The molecule has 0 aromatic heterocycles. The maximum Gasteiger partial charge on any atom is 0.416 e. The van der Waals surface area contributed by atoms with Crippen molar-refractivity contribution < 1.29 is 59.7 Å². The second-order valence-electron chi connectivity index (χ2n) is 6.57. The molecule has 184 valence electrons. The molecule has 8 nitrogen and oxygen atoms in total. The van der Waals surface area contributed by atoms with Crippen LogP contribution in [0.4, 0.5) is 26.3 Å². The third-order valence-corrected chi connectivity index (χ3v) is 4.30. The van der Waals surface area contributed by atoms with Gasteiger partial charge in [0.1, 0.15) is 6.04 Å². The Bertz CT molecular complexity index is 865. The predicted octanol–water partition coefficient (Wildman–Crippen LogP) is 2.28. The van der Waals surface area contributed by atoms with Gasteiger partial charge in [0, 0.05) is 0 Å². The summed E-state index contributed by atoms with van der Waals surface area (Å²) < 4.78 is 91.4. The number of esters is 3. The summed E-state index contributed by atoms with van der Waals surface area (Å²) in [6, 6.07) is -1.27. The third kappa shape index (κ3) is 7.95. The van der Waals surface area contributed by atoms with Gasteiger partial charge in [-0.3, -0.25) is 14.4 Å². The van der Waals surface area contributed by atoms with Crippen LogP contribution in [-0.2, 0) is 52.2 Å². The van der Waals surface area contributed by atoms with E-state index in [-0.39, 0.29) is 6.07 Å². The third-order valence-electron chi connectivity index (χ3n) is 4.30. The molecule has 0 aliphatic heterocycles. The lowest BCUT2D eigenvalue weighted by Gasteiger charge is -2.23. The molecular weight excluding hydrogens is 468 g/mol. The van der Waals surface area contributed by atoms with Crippen molar-refractivity contribution in [3.8, 4) is 0 Å². The molecule has 14 heteroatoms. The Balaban J connectivity index is 3.27. The van der Waals surface area contributed by atoms with Gasteiger partial charge in [0.15, 0.2) is 0 Å². The molecular formula is C19H19F6NO7. The van der Waals surface area contributed by atoms with Crippen molar-refractivity contribution in [1.82, 2.24) is 5.32 Å². The van der Waals surface area contributed by atoms with Crippen LogP contribution >= 0.6 is 0 Å². The number of hydrogen-bond acceptors (Lipinski definition) is 7. The summed E-state index contributed by atoms with van der Waals surface area (Å²) in [7, 11) is 2.79. The number of amides is 1. The SMILES string of the molecule is COC(=O)C[C@H](C(=O)OC)[C@H](NC(=O)Cc1cc(C(F)(F)F)cc(C(F)(F)F)c1)C(=O)OC. The molecule has 0 saturated heterocycles. The molecule has 0 spiro atoms. The van der Waals surface area contributed by atoms with Crippen molar-refractivity contribution in [2.45, 2.75) is 31.2 Å². The molecule has 0 bridgehead atoms. The first kappa shape index (κ1) is 27.7. The highest BCUT2D eigenvalue weighted by atomic mass is 19.4. The number of methoxy groups -OCH3 is 3. The van der Waals surface area contributed by atoms with Crippen molar-refractivity contribution in [1.29, 1.82) is 0 Å². The number of benzene rings is 1. The molecule has 2 atom stereocenters. The van der Waals surface area contributed by atoms with Crippen LogP contribution in [0.5, 0.6) is 0 Å². The first-order valence-electron chi connectivity index (χ1n) is 8.94. The van der Waals surface area contributed by atoms with Crippen LogP contribution in [0.1, 0.15) is 23.1 Å². The highest BCUT2D eigenvalue weighted by molar-refractivity contribution is 5.91. The van der Waals surface area contributed by atoms with E-state index in [2.05, 4.69) is 14.2 Å². The van der Waals surface area contributed by atoms with Crippen LogP contribution in [0.2, 0.25) is 0 Å². The fraction of sp³-hybridized carbons (Fsp3) is 0.474. The summed E-state index contributed by atoms with van der Waals surface area (Å²) in [4.78, 5) is 48.1. The first-order valence-corrected chi connectivity index (χ1v) is 8.94. The minimum absolute atomic E-state index is 0.109. The predicted molar refractivity (Wildman–Crippen MR) is 96.2 cm³/mol. The van der Waals surface area contributed by atoms with Gasteiger partial charge in [-0.2, -0.15) is 26.3 Å². The molecule has 0 unspecified atom stereocenters. The van der Waals surface area contributed by atoms with E-state index in [4.69, 9.17) is 0 Å². The molecule has 0 aliphatic rings. The molecule has 33 heavy (non-hydrogen) atoms. The van der Waals surface area contributed by atoms with Gasteiger partial charge >= 0.3 is 30.3 Å². The van der Waals surface area contributed by atoms with Crippen molar-refractivity contribution >= 4 is 23.8 Å². The van der Waals surface area contributed by atoms with Crippen LogP contribution in [0, 0.1) is 5.92 Å². The number of nitrogens with one attached hydrogen (secondary N) is 1. The molecule has 1 amide bonds. The quantitative estimate of drug-likeness (QED) is 0.341. The molecule has 1 N–H and O–H groups in total. The molecule has 1 rings (SSSR count). The standard InChI is InChI=1S/C19H19F6NO7/c1-31-14(28)8-12(16(29)32-2)15(17(30)33-3)26-13(27)6-9-4-10(18(20,21)22)7-11(5-9)19(23,24)25/h4-5,7,12,15H,6,8H2,1-3H3,(H,26,27)/t12-,15-/m0/s1. The Labute approximate surface area is 183 Å². The maximum absolute atomic E-state index is 13.0. The van der Waals surface area contributed by atoms with E-state index in [9.17, 15) is 45.5 Å². The Hall–Kier alpha value is -3.32. The normalized spacial score (nSPS) is 13.5. The summed E-state index contributed by atoms with van der Waals surface area (Å²) in [6.45, 7) is 0. The first-order chi connectivity index (χ1) is 15.1. The van der Waals surface area contributed by atoms with E-state index < -0.39 is 77.7 Å². The number of rotatable bonds is 8. The average Bonchev–Trinajstić information content (AvgIpc) is 2.73. The minimum atomic E-state index is -5.13. The number of carbonyl (C=O) groups excluding carboxylic acids is 4. The van der Waals surface area contributed by atoms with Crippen LogP contribution in [0.3, 0.4) is 0 Å². The van der Waals surface area contributed by atoms with Crippen LogP contribution in [0.15, 0.2) is 18.2 Å².